The van der Waals surface area contributed by atoms with Crippen molar-refractivity contribution in [1.29, 1.82) is 0 Å². The maximum absolute atomic E-state index is 12.4. The van der Waals surface area contributed by atoms with Crippen LogP contribution in [0.3, 0.4) is 0 Å². The van der Waals surface area contributed by atoms with E-state index in [0.29, 0.717) is 12.3 Å². The fourth-order valence-electron chi connectivity index (χ4n) is 4.04. The van der Waals surface area contributed by atoms with Crippen LogP contribution >= 0.6 is 0 Å². The Hall–Kier alpha value is -2.18. The molecular weight excluding hydrogens is 340 g/mol. The van der Waals surface area contributed by atoms with Gasteiger partial charge < -0.3 is 10.1 Å². The minimum atomic E-state index is 0.0899. The van der Waals surface area contributed by atoms with Crippen molar-refractivity contribution in [2.24, 2.45) is 5.92 Å². The highest BCUT2D eigenvalue weighted by atomic mass is 16.5. The Morgan fingerprint density at radius 2 is 2.00 bits per heavy atom. The first-order valence-corrected chi connectivity index (χ1v) is 9.95. The molecule has 0 spiro atoms. The molecule has 1 aromatic heterocycles. The summed E-state index contributed by atoms with van der Waals surface area (Å²) in [7, 11) is 0. The van der Waals surface area contributed by atoms with E-state index in [1.165, 1.54) is 11.1 Å². The number of aromatic nitrogens is 2. The maximum Gasteiger partial charge on any atom is 0.224 e. The number of aryl methyl sites for hydroxylation is 1. The number of nitrogens with zero attached hydrogens (tertiary/aromatic N) is 3. The minimum absolute atomic E-state index is 0.0899. The third-order valence-corrected chi connectivity index (χ3v) is 5.59. The van der Waals surface area contributed by atoms with Crippen LogP contribution in [0.15, 0.2) is 36.7 Å². The summed E-state index contributed by atoms with van der Waals surface area (Å²) in [5, 5.41) is 7.39. The molecular formula is C21H28N4O2. The highest BCUT2D eigenvalue weighted by molar-refractivity contribution is 5.90. The summed E-state index contributed by atoms with van der Waals surface area (Å²) in [6, 6.07) is 8.59. The molecule has 1 fully saturated rings. The summed E-state index contributed by atoms with van der Waals surface area (Å²) in [4.78, 5) is 14.8. The Morgan fingerprint density at radius 3 is 2.85 bits per heavy atom. The van der Waals surface area contributed by atoms with Crippen molar-refractivity contribution < 1.29 is 9.53 Å². The molecule has 2 heterocycles. The summed E-state index contributed by atoms with van der Waals surface area (Å²) in [6.45, 7) is 5.37. The number of carbonyl (C=O) groups is 1. The molecule has 1 amide bonds. The molecule has 0 saturated carbocycles. The second-order valence-corrected chi connectivity index (χ2v) is 7.58. The van der Waals surface area contributed by atoms with Crippen LogP contribution in [0.4, 0.5) is 5.69 Å². The van der Waals surface area contributed by atoms with Crippen molar-refractivity contribution in [2.75, 3.05) is 38.2 Å². The molecule has 1 aromatic carbocycles. The molecule has 144 valence electrons. The fraction of sp³-hybridized carbons (Fsp3) is 0.524. The highest BCUT2D eigenvalue weighted by Crippen LogP contribution is 2.27. The molecule has 6 nitrogen and oxygen atoms in total. The van der Waals surface area contributed by atoms with Gasteiger partial charge in [0.2, 0.25) is 5.91 Å². The van der Waals surface area contributed by atoms with E-state index in [4.69, 9.17) is 4.74 Å². The second kappa shape index (κ2) is 8.67. The van der Waals surface area contributed by atoms with Gasteiger partial charge in [-0.2, -0.15) is 5.10 Å². The number of morpholine rings is 1. The van der Waals surface area contributed by atoms with Crippen LogP contribution in [-0.2, 0) is 28.9 Å². The van der Waals surface area contributed by atoms with E-state index in [9.17, 15) is 4.79 Å². The molecule has 2 aromatic rings. The number of amides is 1. The normalized spacial score (nSPS) is 20.2. The van der Waals surface area contributed by atoms with Crippen LogP contribution in [0.25, 0.3) is 0 Å². The van der Waals surface area contributed by atoms with Crippen molar-refractivity contribution in [3.63, 3.8) is 0 Å². The van der Waals surface area contributed by atoms with Gasteiger partial charge in [0.05, 0.1) is 31.6 Å². The van der Waals surface area contributed by atoms with Gasteiger partial charge in [0.15, 0.2) is 0 Å². The second-order valence-electron chi connectivity index (χ2n) is 7.58. The highest BCUT2D eigenvalue weighted by Gasteiger charge is 2.21. The lowest BCUT2D eigenvalue weighted by Gasteiger charge is -2.26. The molecule has 4 rings (SSSR count). The van der Waals surface area contributed by atoms with E-state index in [1.807, 2.05) is 10.9 Å². The zero-order chi connectivity index (χ0) is 18.5. The number of hydrogen-bond donors (Lipinski definition) is 1. The monoisotopic (exact) mass is 368 g/mol. The van der Waals surface area contributed by atoms with Crippen LogP contribution < -0.4 is 5.32 Å². The Morgan fingerprint density at radius 1 is 1.19 bits per heavy atom. The van der Waals surface area contributed by atoms with Crippen molar-refractivity contribution in [3.05, 3.63) is 47.8 Å². The summed E-state index contributed by atoms with van der Waals surface area (Å²) >= 11 is 0. The SMILES string of the molecule is O=C(CC1CCc2ccccc2C1)Nc1cnn(CCN2CCOCC2)c1. The van der Waals surface area contributed by atoms with Gasteiger partial charge in [-0.1, -0.05) is 24.3 Å². The van der Waals surface area contributed by atoms with Gasteiger partial charge in [-0.05, 0) is 36.3 Å². The standard InChI is InChI=1S/C21H28N4O2/c26-21(14-17-5-6-18-3-1-2-4-19(18)13-17)23-20-15-22-25(16-20)8-7-24-9-11-27-12-10-24/h1-4,15-17H,5-14H2,(H,23,26). The number of nitrogens with one attached hydrogen (secondary N) is 1. The third-order valence-electron chi connectivity index (χ3n) is 5.59. The van der Waals surface area contributed by atoms with Crippen molar-refractivity contribution in [2.45, 2.75) is 32.2 Å². The number of benzene rings is 1. The maximum atomic E-state index is 12.4. The van der Waals surface area contributed by atoms with E-state index in [2.05, 4.69) is 39.6 Å². The van der Waals surface area contributed by atoms with E-state index in [-0.39, 0.29) is 5.91 Å². The molecule has 1 aliphatic carbocycles. The van der Waals surface area contributed by atoms with Crippen LogP contribution in [0.2, 0.25) is 0 Å². The Balaban J connectivity index is 1.23. The molecule has 0 bridgehead atoms. The van der Waals surface area contributed by atoms with Gasteiger partial charge in [0.25, 0.3) is 0 Å². The molecule has 1 aliphatic heterocycles. The largest absolute Gasteiger partial charge is 0.379 e. The Bertz CT molecular complexity index is 767. The van der Waals surface area contributed by atoms with E-state index >= 15 is 0 Å². The lowest BCUT2D eigenvalue weighted by molar-refractivity contribution is -0.117. The average Bonchev–Trinajstić information content (AvgIpc) is 3.14. The molecule has 1 unspecified atom stereocenters. The average molecular weight is 368 g/mol. The summed E-state index contributed by atoms with van der Waals surface area (Å²) < 4.78 is 7.27. The number of carbonyl (C=O) groups excluding carboxylic acids is 1. The molecule has 1 saturated heterocycles. The van der Waals surface area contributed by atoms with Crippen molar-refractivity contribution in [1.82, 2.24) is 14.7 Å². The smallest absolute Gasteiger partial charge is 0.224 e. The van der Waals surface area contributed by atoms with Gasteiger partial charge in [-0.15, -0.1) is 0 Å². The first-order chi connectivity index (χ1) is 13.3. The van der Waals surface area contributed by atoms with Gasteiger partial charge >= 0.3 is 0 Å². The molecule has 0 radical (unpaired) electrons. The zero-order valence-corrected chi connectivity index (χ0v) is 15.8. The molecule has 1 atom stereocenters. The quantitative estimate of drug-likeness (QED) is 0.850. The van der Waals surface area contributed by atoms with Gasteiger partial charge in [-0.3, -0.25) is 14.4 Å². The van der Waals surface area contributed by atoms with Gasteiger partial charge in [0.1, 0.15) is 0 Å². The Kier molecular flexibility index (Phi) is 5.84. The first kappa shape index (κ1) is 18.2. The minimum Gasteiger partial charge on any atom is -0.379 e. The number of ether oxygens (including phenoxy) is 1. The van der Waals surface area contributed by atoms with Gasteiger partial charge in [0, 0.05) is 32.3 Å². The van der Waals surface area contributed by atoms with Crippen LogP contribution in [0.1, 0.15) is 24.0 Å². The van der Waals surface area contributed by atoms with Crippen LogP contribution in [-0.4, -0.2) is 53.4 Å². The lowest BCUT2D eigenvalue weighted by Crippen LogP contribution is -2.38. The van der Waals surface area contributed by atoms with Crippen molar-refractivity contribution in [3.8, 4) is 0 Å². The summed E-state index contributed by atoms with van der Waals surface area (Å²) in [5.74, 6) is 0.517. The van der Waals surface area contributed by atoms with Crippen molar-refractivity contribution >= 4 is 11.6 Å². The number of fused-ring (bicyclic) bond motifs is 1. The Labute approximate surface area is 160 Å². The third kappa shape index (κ3) is 4.96. The topological polar surface area (TPSA) is 59.4 Å². The predicted molar refractivity (Wildman–Crippen MR) is 105 cm³/mol. The molecule has 1 N–H and O–H groups in total. The predicted octanol–water partition coefficient (Wildman–Crippen LogP) is 2.35. The number of rotatable bonds is 6. The van der Waals surface area contributed by atoms with Crippen LogP contribution in [0, 0.1) is 5.92 Å². The number of anilines is 1. The lowest BCUT2D eigenvalue weighted by atomic mass is 9.82. The molecule has 27 heavy (non-hydrogen) atoms. The zero-order valence-electron chi connectivity index (χ0n) is 15.8. The fourth-order valence-corrected chi connectivity index (χ4v) is 4.04. The van der Waals surface area contributed by atoms with Crippen LogP contribution in [0.5, 0.6) is 0 Å². The first-order valence-electron chi connectivity index (χ1n) is 9.95. The number of hydrogen-bond acceptors (Lipinski definition) is 4. The summed E-state index contributed by atoms with van der Waals surface area (Å²) in [6.07, 6.45) is 7.41. The molecule has 6 heteroatoms. The summed E-state index contributed by atoms with van der Waals surface area (Å²) in [5.41, 5.74) is 3.63. The van der Waals surface area contributed by atoms with E-state index in [1.54, 1.807) is 6.20 Å². The molecule has 2 aliphatic rings. The van der Waals surface area contributed by atoms with Gasteiger partial charge in [-0.25, -0.2) is 0 Å². The van der Waals surface area contributed by atoms with E-state index < -0.39 is 0 Å². The van der Waals surface area contributed by atoms with E-state index in [0.717, 1.165) is 64.3 Å².